The molecule has 0 rings (SSSR count). The second-order valence-electron chi connectivity index (χ2n) is 4.68. The van der Waals surface area contributed by atoms with Gasteiger partial charge in [-0.2, -0.15) is 4.31 Å². The van der Waals surface area contributed by atoms with Gasteiger partial charge in [-0.15, -0.1) is 0 Å². The van der Waals surface area contributed by atoms with Gasteiger partial charge in [0.2, 0.25) is 10.0 Å². The first-order chi connectivity index (χ1) is 7.37. The fourth-order valence-corrected chi connectivity index (χ4v) is 4.44. The predicted molar refractivity (Wildman–Crippen MR) is 67.0 cm³/mol. The minimum atomic E-state index is -3.64. The third-order valence-electron chi connectivity index (χ3n) is 2.02. The Balaban J connectivity index is 4.78. The van der Waals surface area contributed by atoms with Gasteiger partial charge in [-0.05, 0) is 13.8 Å². The van der Waals surface area contributed by atoms with Crippen LogP contribution in [0.5, 0.6) is 0 Å². The Morgan fingerprint density at radius 2 is 1.59 bits per heavy atom. The minimum Gasteiger partial charge on any atom is -0.389 e. The van der Waals surface area contributed by atoms with Gasteiger partial charge < -0.3 is 5.11 Å². The monoisotopic (exact) mass is 287 g/mol. The van der Waals surface area contributed by atoms with Crippen molar-refractivity contribution in [3.63, 3.8) is 0 Å². The van der Waals surface area contributed by atoms with Crippen LogP contribution in [0, 0.1) is 0 Å². The largest absolute Gasteiger partial charge is 0.389 e. The van der Waals surface area contributed by atoms with Gasteiger partial charge in [-0.3, -0.25) is 0 Å². The van der Waals surface area contributed by atoms with E-state index in [4.69, 9.17) is 0 Å². The molecule has 0 radical (unpaired) electrons. The molecule has 0 saturated carbocycles. The van der Waals surface area contributed by atoms with Crippen molar-refractivity contribution < 1.29 is 21.9 Å². The first kappa shape index (κ1) is 16.8. The van der Waals surface area contributed by atoms with E-state index in [1.807, 2.05) is 0 Å². The van der Waals surface area contributed by atoms with Crippen molar-refractivity contribution in [1.29, 1.82) is 0 Å². The molecule has 0 aromatic rings. The molecule has 0 aliphatic heterocycles. The zero-order chi connectivity index (χ0) is 13.9. The van der Waals surface area contributed by atoms with Gasteiger partial charge in [-0.25, -0.2) is 16.8 Å². The summed E-state index contributed by atoms with van der Waals surface area (Å²) in [5.41, 5.74) is -1.14. The molecule has 0 unspecified atom stereocenters. The molecule has 104 valence electrons. The number of hydrogen-bond acceptors (Lipinski definition) is 5. The van der Waals surface area contributed by atoms with Crippen molar-refractivity contribution in [2.24, 2.45) is 0 Å². The van der Waals surface area contributed by atoms with E-state index < -0.39 is 37.0 Å². The Morgan fingerprint density at radius 1 is 1.12 bits per heavy atom. The molecule has 0 fully saturated rings. The summed E-state index contributed by atoms with van der Waals surface area (Å²) in [5, 5.41) is 9.59. The van der Waals surface area contributed by atoms with Gasteiger partial charge in [0.1, 0.15) is 9.84 Å². The maximum atomic E-state index is 11.8. The quantitative estimate of drug-likeness (QED) is 0.678. The lowest BCUT2D eigenvalue weighted by Gasteiger charge is -2.27. The molecule has 0 spiro atoms. The van der Waals surface area contributed by atoms with Gasteiger partial charge in [0.15, 0.2) is 0 Å². The van der Waals surface area contributed by atoms with E-state index >= 15 is 0 Å². The minimum absolute atomic E-state index is 0.0460. The van der Waals surface area contributed by atoms with Crippen LogP contribution in [0.1, 0.15) is 20.8 Å². The second-order valence-corrected chi connectivity index (χ2v) is 9.03. The Hall–Kier alpha value is -0.180. The van der Waals surface area contributed by atoms with Crippen molar-refractivity contribution in [3.05, 3.63) is 0 Å². The average molecular weight is 287 g/mol. The van der Waals surface area contributed by atoms with Gasteiger partial charge in [0, 0.05) is 19.3 Å². The smallest absolute Gasteiger partial charge is 0.215 e. The summed E-state index contributed by atoms with van der Waals surface area (Å²) < 4.78 is 46.7. The molecule has 0 aromatic heterocycles. The Morgan fingerprint density at radius 3 is 1.88 bits per heavy atom. The summed E-state index contributed by atoms with van der Waals surface area (Å²) in [5.74, 6) is -0.854. The summed E-state index contributed by atoms with van der Waals surface area (Å²) in [6.45, 7) is 4.80. The van der Waals surface area contributed by atoms with Crippen molar-refractivity contribution in [1.82, 2.24) is 4.31 Å². The van der Waals surface area contributed by atoms with E-state index in [2.05, 4.69) is 0 Å². The number of hydrogen-bond donors (Lipinski definition) is 1. The van der Waals surface area contributed by atoms with E-state index in [0.717, 1.165) is 10.6 Å². The van der Waals surface area contributed by atoms with Crippen LogP contribution in [0.2, 0.25) is 0 Å². The molecular formula is C9H21NO5S2. The number of sulfonamides is 1. The highest BCUT2D eigenvalue weighted by atomic mass is 32.2. The maximum absolute atomic E-state index is 11.8. The third kappa shape index (κ3) is 7.69. The van der Waals surface area contributed by atoms with Crippen molar-refractivity contribution in [3.8, 4) is 0 Å². The zero-order valence-corrected chi connectivity index (χ0v) is 12.3. The van der Waals surface area contributed by atoms with Crippen LogP contribution >= 0.6 is 0 Å². The summed E-state index contributed by atoms with van der Waals surface area (Å²) in [6.07, 6.45) is 0.995. The Kier molecular flexibility index (Phi) is 5.58. The van der Waals surface area contributed by atoms with E-state index in [1.54, 1.807) is 6.92 Å². The number of sulfone groups is 1. The zero-order valence-electron chi connectivity index (χ0n) is 10.7. The molecular weight excluding hydrogens is 266 g/mol. The summed E-state index contributed by atoms with van der Waals surface area (Å²) >= 11 is 0. The van der Waals surface area contributed by atoms with Gasteiger partial charge in [0.05, 0.1) is 17.1 Å². The lowest BCUT2D eigenvalue weighted by atomic mass is 10.1. The summed E-state index contributed by atoms with van der Waals surface area (Å²) in [7, 11) is -6.96. The molecule has 0 atom stereocenters. The average Bonchev–Trinajstić information content (AvgIpc) is 2.08. The first-order valence-corrected chi connectivity index (χ1v) is 8.92. The fourth-order valence-electron chi connectivity index (χ4n) is 1.22. The second kappa shape index (κ2) is 5.64. The van der Waals surface area contributed by atoms with Crippen LogP contribution < -0.4 is 0 Å². The molecule has 0 heterocycles. The Labute approximate surface area is 104 Å². The molecule has 0 bridgehead atoms. The highest BCUT2D eigenvalue weighted by molar-refractivity contribution is 7.93. The summed E-state index contributed by atoms with van der Waals surface area (Å²) in [4.78, 5) is 0. The van der Waals surface area contributed by atoms with Crippen LogP contribution in [0.25, 0.3) is 0 Å². The topological polar surface area (TPSA) is 91.8 Å². The lowest BCUT2D eigenvalue weighted by molar-refractivity contribution is 0.0602. The summed E-state index contributed by atoms with van der Waals surface area (Å²) in [6, 6.07) is 0. The molecule has 6 nitrogen and oxygen atoms in total. The Bertz CT molecular complexity index is 432. The van der Waals surface area contributed by atoms with E-state index in [9.17, 15) is 21.9 Å². The third-order valence-corrected chi connectivity index (χ3v) is 5.12. The van der Waals surface area contributed by atoms with Crippen molar-refractivity contribution >= 4 is 19.9 Å². The standard InChI is InChI=1S/C9H21NO5S2/c1-5-10(8-9(2,3)11)17(14,15)7-6-16(4,12)13/h11H,5-8H2,1-4H3. The fraction of sp³-hybridized carbons (Fsp3) is 1.00. The first-order valence-electron chi connectivity index (χ1n) is 5.25. The van der Waals surface area contributed by atoms with Gasteiger partial charge >= 0.3 is 0 Å². The highest BCUT2D eigenvalue weighted by Crippen LogP contribution is 2.10. The number of aliphatic hydroxyl groups is 1. The molecule has 0 aliphatic carbocycles. The molecule has 0 aliphatic rings. The van der Waals surface area contributed by atoms with Crippen molar-refractivity contribution in [2.45, 2.75) is 26.4 Å². The molecule has 17 heavy (non-hydrogen) atoms. The van der Waals surface area contributed by atoms with E-state index in [-0.39, 0.29) is 13.1 Å². The van der Waals surface area contributed by atoms with Crippen LogP contribution in [-0.2, 0) is 19.9 Å². The number of likely N-dealkylation sites (N-methyl/N-ethyl adjacent to an activating group) is 1. The maximum Gasteiger partial charge on any atom is 0.215 e. The SMILES string of the molecule is CCN(CC(C)(C)O)S(=O)(=O)CCS(C)(=O)=O. The van der Waals surface area contributed by atoms with Crippen molar-refractivity contribution in [2.75, 3.05) is 30.9 Å². The normalized spacial score (nSPS) is 14.2. The van der Waals surface area contributed by atoms with Gasteiger partial charge in [0.25, 0.3) is 0 Å². The van der Waals surface area contributed by atoms with Crippen LogP contribution in [0.15, 0.2) is 0 Å². The lowest BCUT2D eigenvalue weighted by Crippen LogP contribution is -2.43. The van der Waals surface area contributed by atoms with Crippen LogP contribution in [0.3, 0.4) is 0 Å². The molecule has 1 N–H and O–H groups in total. The molecule has 0 saturated heterocycles. The van der Waals surface area contributed by atoms with E-state index in [0.29, 0.717) is 0 Å². The van der Waals surface area contributed by atoms with Crippen LogP contribution in [-0.4, -0.2) is 62.7 Å². The van der Waals surface area contributed by atoms with Crippen LogP contribution in [0.4, 0.5) is 0 Å². The highest BCUT2D eigenvalue weighted by Gasteiger charge is 2.27. The predicted octanol–water partition coefficient (Wildman–Crippen LogP) is -0.546. The molecule has 8 heteroatoms. The van der Waals surface area contributed by atoms with E-state index in [1.165, 1.54) is 13.8 Å². The van der Waals surface area contributed by atoms with Gasteiger partial charge in [-0.1, -0.05) is 6.92 Å². The number of nitrogens with zero attached hydrogens (tertiary/aromatic N) is 1. The molecule has 0 aromatic carbocycles. The molecule has 0 amide bonds. The number of rotatable bonds is 7.